The number of alkyl halides is 3. The van der Waals surface area contributed by atoms with E-state index in [0.717, 1.165) is 23.5 Å². The van der Waals surface area contributed by atoms with Gasteiger partial charge in [0.2, 0.25) is 5.91 Å². The number of carbonyl (C=O) groups is 4. The Morgan fingerprint density at radius 2 is 1.65 bits per heavy atom. The molecule has 0 spiro atoms. The maximum Gasteiger partial charge on any atom is 0.416 e. The van der Waals surface area contributed by atoms with Gasteiger partial charge in [-0.2, -0.15) is 13.2 Å². The van der Waals surface area contributed by atoms with Crippen molar-refractivity contribution in [1.29, 1.82) is 0 Å². The number of nitrogens with one attached hydrogen (secondary N) is 1. The highest BCUT2D eigenvalue weighted by atomic mass is 32.1. The molecule has 1 N–H and O–H groups in total. The Kier molecular flexibility index (Phi) is 5.73. The molecular formula is C21H15F3N4O5S. The first-order valence-electron chi connectivity index (χ1n) is 9.61. The molecule has 1 aromatic heterocycles. The van der Waals surface area contributed by atoms with E-state index < -0.39 is 41.4 Å². The van der Waals surface area contributed by atoms with Gasteiger partial charge in [-0.1, -0.05) is 11.3 Å². The molecule has 0 aliphatic carbocycles. The zero-order valence-corrected chi connectivity index (χ0v) is 18.4. The third-order valence-electron chi connectivity index (χ3n) is 5.01. The molecule has 1 saturated heterocycles. The summed E-state index contributed by atoms with van der Waals surface area (Å²) in [5.41, 5.74) is -0.182. The highest BCUT2D eigenvalue weighted by molar-refractivity contribution is 7.20. The molecule has 1 fully saturated rings. The fourth-order valence-corrected chi connectivity index (χ4v) is 4.05. The van der Waals surface area contributed by atoms with Crippen LogP contribution < -0.4 is 10.1 Å². The van der Waals surface area contributed by atoms with E-state index >= 15 is 0 Å². The number of halogens is 3. The van der Waals surface area contributed by atoms with Crippen molar-refractivity contribution < 1.29 is 37.1 Å². The highest BCUT2D eigenvalue weighted by Crippen LogP contribution is 2.36. The summed E-state index contributed by atoms with van der Waals surface area (Å²) in [5.74, 6) is -4.18. The number of aromatic nitrogens is 1. The molecule has 1 aliphatic rings. The Hall–Kier alpha value is -4.00. The molecule has 13 heteroatoms. The van der Waals surface area contributed by atoms with Crippen LogP contribution in [0.5, 0.6) is 10.9 Å². The van der Waals surface area contributed by atoms with Gasteiger partial charge < -0.3 is 10.1 Å². The number of amides is 5. The second kappa shape index (κ2) is 8.41. The first-order chi connectivity index (χ1) is 16.0. The topological polar surface area (TPSA) is 109 Å². The molecule has 4 rings (SSSR count). The molecule has 5 amide bonds. The molecule has 9 nitrogen and oxygen atoms in total. The fraction of sp³-hybridized carbons (Fsp3) is 0.190. The fourth-order valence-electron chi connectivity index (χ4n) is 3.18. The number of nitrogens with zero attached hydrogens (tertiary/aromatic N) is 3. The number of ether oxygens (including phenoxy) is 1. The van der Waals surface area contributed by atoms with Gasteiger partial charge in [-0.3, -0.25) is 24.2 Å². The van der Waals surface area contributed by atoms with Crippen LogP contribution in [0.3, 0.4) is 0 Å². The molecule has 0 bridgehead atoms. The second-order valence-corrected chi connectivity index (χ2v) is 8.28. The normalized spacial score (nSPS) is 15.3. The summed E-state index contributed by atoms with van der Waals surface area (Å²) in [7, 11) is 2.35. The van der Waals surface area contributed by atoms with E-state index in [9.17, 15) is 32.3 Å². The minimum absolute atomic E-state index is 0.125. The van der Waals surface area contributed by atoms with Crippen molar-refractivity contribution >= 4 is 51.0 Å². The van der Waals surface area contributed by atoms with Crippen LogP contribution in [0.2, 0.25) is 0 Å². The van der Waals surface area contributed by atoms with Gasteiger partial charge in [0.15, 0.2) is 5.92 Å². The molecule has 1 aliphatic heterocycles. The van der Waals surface area contributed by atoms with Crippen LogP contribution >= 0.6 is 11.3 Å². The number of urea groups is 1. The van der Waals surface area contributed by atoms with Gasteiger partial charge in [0, 0.05) is 19.8 Å². The van der Waals surface area contributed by atoms with E-state index in [0.29, 0.717) is 25.8 Å². The molecule has 34 heavy (non-hydrogen) atoms. The summed E-state index contributed by atoms with van der Waals surface area (Å²) in [6, 6.07) is 8.19. The molecule has 0 saturated carbocycles. The molecule has 0 unspecified atom stereocenters. The SMILES string of the molecule is CN1C(=O)C(C(=O)Nc2ccc(Oc3nc4ccc(C(F)(F)F)cc4s3)cc2)C(=O)N(C)C1=O. The van der Waals surface area contributed by atoms with E-state index in [-0.39, 0.29) is 10.9 Å². The Bertz CT molecular complexity index is 1300. The quantitative estimate of drug-likeness (QED) is 0.557. The van der Waals surface area contributed by atoms with Gasteiger partial charge in [-0.25, -0.2) is 9.78 Å². The number of fused-ring (bicyclic) bond motifs is 1. The number of barbiturate groups is 1. The molecule has 2 aromatic carbocycles. The largest absolute Gasteiger partial charge is 0.431 e. The van der Waals surface area contributed by atoms with Crippen molar-refractivity contribution in [2.75, 3.05) is 19.4 Å². The lowest BCUT2D eigenvalue weighted by Gasteiger charge is -2.32. The average molecular weight is 492 g/mol. The van der Waals surface area contributed by atoms with Gasteiger partial charge in [0.25, 0.3) is 17.0 Å². The Morgan fingerprint density at radius 1 is 1.03 bits per heavy atom. The van der Waals surface area contributed by atoms with Gasteiger partial charge in [0.05, 0.1) is 15.8 Å². The van der Waals surface area contributed by atoms with E-state index in [1.54, 1.807) is 0 Å². The van der Waals surface area contributed by atoms with Gasteiger partial charge in [0.1, 0.15) is 5.75 Å². The van der Waals surface area contributed by atoms with Crippen LogP contribution in [-0.2, 0) is 20.6 Å². The first kappa shape index (κ1) is 23.2. The monoisotopic (exact) mass is 492 g/mol. The molecule has 2 heterocycles. The van der Waals surface area contributed by atoms with Crippen LogP contribution in [0.4, 0.5) is 23.7 Å². The summed E-state index contributed by atoms with van der Waals surface area (Å²) in [6.07, 6.45) is -4.47. The zero-order valence-electron chi connectivity index (χ0n) is 17.5. The maximum atomic E-state index is 12.9. The lowest BCUT2D eigenvalue weighted by Crippen LogP contribution is -2.59. The highest BCUT2D eigenvalue weighted by Gasteiger charge is 2.46. The number of anilines is 1. The Morgan fingerprint density at radius 3 is 2.24 bits per heavy atom. The van der Waals surface area contributed by atoms with E-state index in [1.807, 2.05) is 0 Å². The Balaban J connectivity index is 1.45. The predicted octanol–water partition coefficient (Wildman–Crippen LogP) is 3.71. The summed E-state index contributed by atoms with van der Waals surface area (Å²) >= 11 is 0.942. The smallest absolute Gasteiger partial charge is 0.416 e. The average Bonchev–Trinajstić information content (AvgIpc) is 3.18. The summed E-state index contributed by atoms with van der Waals surface area (Å²) in [5, 5.41) is 2.57. The number of rotatable bonds is 4. The number of carbonyl (C=O) groups excluding carboxylic acids is 4. The minimum atomic E-state index is -4.47. The maximum absolute atomic E-state index is 12.9. The summed E-state index contributed by atoms with van der Waals surface area (Å²) in [6.45, 7) is 0. The number of imide groups is 2. The number of hydrogen-bond donors (Lipinski definition) is 1. The van der Waals surface area contributed by atoms with Crippen LogP contribution in [0.25, 0.3) is 10.2 Å². The van der Waals surface area contributed by atoms with Crippen molar-refractivity contribution in [3.8, 4) is 10.9 Å². The number of thiazole rings is 1. The van der Waals surface area contributed by atoms with E-state index in [1.165, 1.54) is 44.4 Å². The van der Waals surface area contributed by atoms with Crippen LogP contribution in [-0.4, -0.2) is 52.6 Å². The van der Waals surface area contributed by atoms with Crippen molar-refractivity contribution in [2.24, 2.45) is 5.92 Å². The first-order valence-corrected chi connectivity index (χ1v) is 10.4. The Labute approximate surface area is 193 Å². The van der Waals surface area contributed by atoms with Crippen LogP contribution in [0.1, 0.15) is 5.56 Å². The minimum Gasteiger partial charge on any atom is -0.431 e. The van der Waals surface area contributed by atoms with Crippen LogP contribution in [0.15, 0.2) is 42.5 Å². The molecule has 3 aromatic rings. The van der Waals surface area contributed by atoms with Crippen molar-refractivity contribution in [3.63, 3.8) is 0 Å². The summed E-state index contributed by atoms with van der Waals surface area (Å²) in [4.78, 5) is 54.3. The second-order valence-electron chi connectivity index (χ2n) is 7.29. The lowest BCUT2D eigenvalue weighted by molar-refractivity contribution is -0.151. The predicted molar refractivity (Wildman–Crippen MR) is 114 cm³/mol. The van der Waals surface area contributed by atoms with Gasteiger partial charge in [-0.15, -0.1) is 0 Å². The third-order valence-corrected chi connectivity index (χ3v) is 5.91. The molecule has 0 radical (unpaired) electrons. The van der Waals surface area contributed by atoms with Gasteiger partial charge >= 0.3 is 12.2 Å². The van der Waals surface area contributed by atoms with Crippen molar-refractivity contribution in [2.45, 2.75) is 6.18 Å². The molecule has 176 valence electrons. The van der Waals surface area contributed by atoms with Crippen molar-refractivity contribution in [1.82, 2.24) is 14.8 Å². The standard InChI is InChI=1S/C21H15F3N4O5S/c1-27-17(30)15(18(31)28(2)20(27)32)16(29)25-11-4-6-12(7-5-11)33-19-26-13-8-3-10(21(22,23)24)9-14(13)34-19/h3-9,15H,1-2H3,(H,25,29). The zero-order chi connectivity index (χ0) is 24.8. The van der Waals surface area contributed by atoms with E-state index in [2.05, 4.69) is 10.3 Å². The third kappa shape index (κ3) is 4.29. The number of hydrogen-bond acceptors (Lipinski definition) is 7. The molecular weight excluding hydrogens is 477 g/mol. The lowest BCUT2D eigenvalue weighted by atomic mass is 10.0. The number of benzene rings is 2. The summed E-state index contributed by atoms with van der Waals surface area (Å²) < 4.78 is 44.5. The van der Waals surface area contributed by atoms with Gasteiger partial charge in [-0.05, 0) is 42.5 Å². The van der Waals surface area contributed by atoms with E-state index in [4.69, 9.17) is 4.74 Å². The van der Waals surface area contributed by atoms with Crippen molar-refractivity contribution in [3.05, 3.63) is 48.0 Å². The van der Waals surface area contributed by atoms with Crippen LogP contribution in [0, 0.1) is 5.92 Å². The molecule has 0 atom stereocenters.